The van der Waals surface area contributed by atoms with Gasteiger partial charge in [0.1, 0.15) is 16.2 Å². The van der Waals surface area contributed by atoms with Gasteiger partial charge in [0.2, 0.25) is 0 Å². The minimum absolute atomic E-state index is 0.258. The largest absolute Gasteiger partial charge is 0.744 e. The average Bonchev–Trinajstić information content (AvgIpc) is 2.89. The van der Waals surface area contributed by atoms with Gasteiger partial charge in [-0.25, -0.2) is 8.42 Å². The van der Waals surface area contributed by atoms with E-state index in [1.54, 1.807) is 4.68 Å². The van der Waals surface area contributed by atoms with Crippen LogP contribution in [0, 0.1) is 31.6 Å². The van der Waals surface area contributed by atoms with E-state index in [2.05, 4.69) is 37.5 Å². The first-order chi connectivity index (χ1) is 13.4. The number of aryl methyl sites for hydroxylation is 1. The van der Waals surface area contributed by atoms with Crippen molar-refractivity contribution in [1.29, 1.82) is 0 Å². The molecule has 3 atom stereocenters. The number of anilines is 1. The first-order valence-electron chi connectivity index (χ1n) is 9.96. The molecule has 0 saturated heterocycles. The fraction of sp³-hybridized carbons (Fsp3) is 0.600. The van der Waals surface area contributed by atoms with Crippen LogP contribution in [0.2, 0.25) is 0 Å². The van der Waals surface area contributed by atoms with Crippen molar-refractivity contribution in [2.45, 2.75) is 64.8 Å². The van der Waals surface area contributed by atoms with Crippen LogP contribution in [-0.4, -0.2) is 22.8 Å². The first-order valence-corrected chi connectivity index (χ1v) is 11.4. The predicted octanol–water partition coefficient (Wildman–Crippen LogP) is 2.31. The average molecular weight is 424 g/mol. The molecule has 1 heterocycles. The van der Waals surface area contributed by atoms with E-state index in [1.807, 2.05) is 6.92 Å². The molecular formula is C20H33N5O3S. The van der Waals surface area contributed by atoms with Crippen molar-refractivity contribution in [3.63, 3.8) is 0 Å². The summed E-state index contributed by atoms with van der Waals surface area (Å²) in [7, 11) is -4.33. The number of benzene rings is 1. The minimum atomic E-state index is -4.33. The summed E-state index contributed by atoms with van der Waals surface area (Å²) < 4.78 is 34.9. The Bertz CT molecular complexity index is 922. The van der Waals surface area contributed by atoms with E-state index in [1.165, 1.54) is 43.5 Å². The molecule has 4 N–H and O–H groups in total. The van der Waals surface area contributed by atoms with Crippen LogP contribution in [-0.2, 0) is 10.1 Å². The molecule has 1 aromatic heterocycles. The summed E-state index contributed by atoms with van der Waals surface area (Å²) in [6.45, 7) is 11.0. The van der Waals surface area contributed by atoms with E-state index in [0.29, 0.717) is 17.6 Å². The highest BCUT2D eigenvalue weighted by molar-refractivity contribution is 7.85. The molecule has 0 aliphatic heterocycles. The van der Waals surface area contributed by atoms with Gasteiger partial charge in [0.05, 0.1) is 4.90 Å². The number of rotatable bonds is 3. The van der Waals surface area contributed by atoms with Crippen LogP contribution in [0.3, 0.4) is 0 Å². The third kappa shape index (κ3) is 5.70. The second-order valence-corrected chi connectivity index (χ2v) is 9.71. The van der Waals surface area contributed by atoms with Gasteiger partial charge in [0, 0.05) is 24.6 Å². The summed E-state index contributed by atoms with van der Waals surface area (Å²) in [4.78, 5) is -0.258. The molecule has 1 aliphatic carbocycles. The Morgan fingerprint density at radius 3 is 2.24 bits per heavy atom. The standard InChI is InChI=1S/C14H27N4.C6H7NO3S/c1-9(2)13-7-6-10(3)8-14(13)18-12(5)17(15)11(4)16-18;7-5-1-3-6(4-2-5)11(8,9)10/h9-10,13-14H,6-8,15H2,1-5H3;1-4H,7H2,(H,8,9,10)/q+1;/p-1. The van der Waals surface area contributed by atoms with Crippen molar-refractivity contribution >= 4 is 15.8 Å². The number of hydrogen-bond donors (Lipinski definition) is 2. The monoisotopic (exact) mass is 423 g/mol. The van der Waals surface area contributed by atoms with Crippen LogP contribution < -0.4 is 16.3 Å². The molecular weight excluding hydrogens is 390 g/mol. The zero-order chi connectivity index (χ0) is 21.9. The van der Waals surface area contributed by atoms with Crippen molar-refractivity contribution in [3.05, 3.63) is 35.9 Å². The Balaban J connectivity index is 0.000000234. The Morgan fingerprint density at radius 2 is 1.79 bits per heavy atom. The van der Waals surface area contributed by atoms with Gasteiger partial charge in [-0.2, -0.15) is 0 Å². The van der Waals surface area contributed by atoms with E-state index in [-0.39, 0.29) is 4.90 Å². The van der Waals surface area contributed by atoms with Gasteiger partial charge in [-0.15, -0.1) is 9.36 Å². The summed E-state index contributed by atoms with van der Waals surface area (Å²) in [6.07, 6.45) is 3.89. The first kappa shape index (κ1) is 23.2. The van der Waals surface area contributed by atoms with Gasteiger partial charge in [0.15, 0.2) is 0 Å². The van der Waals surface area contributed by atoms with Gasteiger partial charge in [-0.1, -0.05) is 27.2 Å². The van der Waals surface area contributed by atoms with Crippen LogP contribution in [0.5, 0.6) is 0 Å². The number of aromatic nitrogens is 3. The van der Waals surface area contributed by atoms with Crippen molar-refractivity contribution < 1.29 is 17.6 Å². The smallest absolute Gasteiger partial charge is 0.295 e. The summed E-state index contributed by atoms with van der Waals surface area (Å²) >= 11 is 0. The maximum atomic E-state index is 10.3. The van der Waals surface area contributed by atoms with Crippen LogP contribution in [0.25, 0.3) is 0 Å². The molecule has 0 radical (unpaired) electrons. The zero-order valence-corrected chi connectivity index (χ0v) is 18.7. The SMILES string of the molecule is Cc1nn(C2CC(C)CCC2C(C)C)c(C)[n+]1N.Nc1ccc(S(=O)(=O)[O-])cc1. The lowest BCUT2D eigenvalue weighted by Gasteiger charge is -2.34. The lowest BCUT2D eigenvalue weighted by molar-refractivity contribution is -0.652. The Kier molecular flexibility index (Phi) is 7.29. The highest BCUT2D eigenvalue weighted by Crippen LogP contribution is 2.40. The molecule has 1 aliphatic rings. The normalized spacial score (nSPS) is 22.2. The van der Waals surface area contributed by atoms with Crippen LogP contribution in [0.4, 0.5) is 5.69 Å². The van der Waals surface area contributed by atoms with Gasteiger partial charge in [0.25, 0.3) is 11.6 Å². The minimum Gasteiger partial charge on any atom is -0.744 e. The number of nitrogens with two attached hydrogens (primary N) is 2. The summed E-state index contributed by atoms with van der Waals surface area (Å²) in [5.41, 5.74) is 5.70. The molecule has 1 aromatic carbocycles. The number of nitrogens with zero attached hydrogens (tertiary/aromatic N) is 3. The summed E-state index contributed by atoms with van der Waals surface area (Å²) in [5.74, 6) is 10.2. The Labute approximate surface area is 173 Å². The molecule has 29 heavy (non-hydrogen) atoms. The third-order valence-corrected chi connectivity index (χ3v) is 6.60. The Hall–Kier alpha value is -2.13. The molecule has 162 valence electrons. The van der Waals surface area contributed by atoms with Gasteiger partial charge < -0.3 is 10.3 Å². The topological polar surface area (TPSA) is 131 Å². The highest BCUT2D eigenvalue weighted by Gasteiger charge is 2.38. The second-order valence-electron chi connectivity index (χ2n) is 8.33. The predicted molar refractivity (Wildman–Crippen MR) is 111 cm³/mol. The second kappa shape index (κ2) is 9.13. The molecule has 0 amide bonds. The van der Waals surface area contributed by atoms with Gasteiger partial charge >= 0.3 is 0 Å². The fourth-order valence-corrected chi connectivity index (χ4v) is 4.47. The molecule has 0 bridgehead atoms. The van der Waals surface area contributed by atoms with Crippen molar-refractivity contribution in [2.75, 3.05) is 11.6 Å². The fourth-order valence-electron chi connectivity index (χ4n) is 4.00. The molecule has 8 nitrogen and oxygen atoms in total. The van der Waals surface area contributed by atoms with E-state index in [9.17, 15) is 13.0 Å². The van der Waals surface area contributed by atoms with Crippen LogP contribution >= 0.6 is 0 Å². The lowest BCUT2D eigenvalue weighted by atomic mass is 9.74. The molecule has 2 aromatic rings. The van der Waals surface area contributed by atoms with Crippen LogP contribution in [0.15, 0.2) is 29.2 Å². The Morgan fingerprint density at radius 1 is 1.21 bits per heavy atom. The van der Waals surface area contributed by atoms with E-state index < -0.39 is 10.1 Å². The van der Waals surface area contributed by atoms with E-state index >= 15 is 0 Å². The molecule has 0 spiro atoms. The maximum Gasteiger partial charge on any atom is 0.295 e. The van der Waals surface area contributed by atoms with Crippen molar-refractivity contribution in [1.82, 2.24) is 9.78 Å². The number of nitrogen functional groups attached to an aromatic ring is 2. The number of hydrogen-bond acceptors (Lipinski definition) is 6. The molecule has 3 unspecified atom stereocenters. The molecule has 1 fully saturated rings. The third-order valence-electron chi connectivity index (χ3n) is 5.75. The summed E-state index contributed by atoms with van der Waals surface area (Å²) in [5, 5.41) is 4.66. The van der Waals surface area contributed by atoms with Crippen molar-refractivity contribution in [3.8, 4) is 0 Å². The van der Waals surface area contributed by atoms with Crippen molar-refractivity contribution in [2.24, 2.45) is 17.8 Å². The van der Waals surface area contributed by atoms with Gasteiger partial charge in [-0.05, 0) is 54.9 Å². The molecule has 1 saturated carbocycles. The van der Waals surface area contributed by atoms with E-state index in [0.717, 1.165) is 23.5 Å². The summed E-state index contributed by atoms with van der Waals surface area (Å²) in [6, 6.07) is 5.60. The van der Waals surface area contributed by atoms with Gasteiger partial charge in [-0.3, -0.25) is 5.84 Å². The lowest BCUT2D eigenvalue weighted by Crippen LogP contribution is -2.49. The van der Waals surface area contributed by atoms with E-state index in [4.69, 9.17) is 11.6 Å². The maximum absolute atomic E-state index is 10.3. The molecule has 3 rings (SSSR count). The molecule has 9 heteroatoms. The quantitative estimate of drug-likeness (QED) is 0.337. The highest BCUT2D eigenvalue weighted by atomic mass is 32.2. The zero-order valence-electron chi connectivity index (χ0n) is 17.9. The van der Waals surface area contributed by atoms with Crippen LogP contribution in [0.1, 0.15) is 57.7 Å².